The summed E-state index contributed by atoms with van der Waals surface area (Å²) >= 11 is 0. The van der Waals surface area contributed by atoms with Crippen molar-refractivity contribution in [3.05, 3.63) is 23.5 Å². The monoisotopic (exact) mass is 247 g/mol. The molecule has 1 N–H and O–H groups in total. The lowest BCUT2D eigenvalue weighted by Crippen LogP contribution is -2.24. The Morgan fingerprint density at radius 2 is 1.89 bits per heavy atom. The predicted octanol–water partition coefficient (Wildman–Crippen LogP) is 3.86. The van der Waals surface area contributed by atoms with Crippen molar-refractivity contribution in [2.75, 3.05) is 0 Å². The van der Waals surface area contributed by atoms with Crippen LogP contribution in [0.4, 0.5) is 0 Å². The highest BCUT2D eigenvalue weighted by Crippen LogP contribution is 2.39. The number of fused-ring (bicyclic) bond motifs is 1. The Morgan fingerprint density at radius 3 is 2.61 bits per heavy atom. The van der Waals surface area contributed by atoms with E-state index in [1.165, 1.54) is 30.5 Å². The molecule has 0 saturated heterocycles. The van der Waals surface area contributed by atoms with Gasteiger partial charge in [0.15, 0.2) is 0 Å². The van der Waals surface area contributed by atoms with Gasteiger partial charge in [0.1, 0.15) is 0 Å². The Kier molecular flexibility index (Phi) is 3.23. The van der Waals surface area contributed by atoms with Gasteiger partial charge in [-0.15, -0.1) is 0 Å². The molecule has 2 heteroatoms. The standard InChI is InChI=1S/C16H25NO/c1-11-8-12(2)10-13(9-11)17-7-6-14-15(17)4-3-5-16(14)18/h6-7,11-13,16,18H,3-5,8-10H2,1-2H3. The summed E-state index contributed by atoms with van der Waals surface area (Å²) < 4.78 is 2.49. The van der Waals surface area contributed by atoms with Crippen LogP contribution < -0.4 is 0 Å². The number of aliphatic hydroxyl groups is 1. The number of rotatable bonds is 1. The molecule has 0 radical (unpaired) electrons. The van der Waals surface area contributed by atoms with E-state index in [0.29, 0.717) is 6.04 Å². The summed E-state index contributed by atoms with van der Waals surface area (Å²) in [5, 5.41) is 10.1. The smallest absolute Gasteiger partial charge is 0.0807 e. The second kappa shape index (κ2) is 4.73. The van der Waals surface area contributed by atoms with Crippen LogP contribution in [0.15, 0.2) is 12.3 Å². The van der Waals surface area contributed by atoms with Gasteiger partial charge in [-0.2, -0.15) is 0 Å². The first-order valence-corrected chi connectivity index (χ1v) is 7.52. The first-order chi connectivity index (χ1) is 8.65. The van der Waals surface area contributed by atoms with E-state index in [4.69, 9.17) is 0 Å². The van der Waals surface area contributed by atoms with Crippen LogP contribution in [0.5, 0.6) is 0 Å². The van der Waals surface area contributed by atoms with Crippen LogP contribution in [0, 0.1) is 11.8 Å². The van der Waals surface area contributed by atoms with Gasteiger partial charge in [-0.05, 0) is 56.4 Å². The zero-order valence-corrected chi connectivity index (χ0v) is 11.6. The largest absolute Gasteiger partial charge is 0.388 e. The average Bonchev–Trinajstić information content (AvgIpc) is 2.73. The minimum absolute atomic E-state index is 0.214. The molecule has 3 rings (SSSR count). The lowest BCUT2D eigenvalue weighted by atomic mass is 9.80. The quantitative estimate of drug-likeness (QED) is 0.801. The third-order valence-corrected chi connectivity index (χ3v) is 4.86. The molecule has 3 unspecified atom stereocenters. The van der Waals surface area contributed by atoms with Gasteiger partial charge in [0.05, 0.1) is 6.10 Å². The second-order valence-corrected chi connectivity index (χ2v) is 6.60. The van der Waals surface area contributed by atoms with Crippen LogP contribution in [0.3, 0.4) is 0 Å². The molecule has 1 heterocycles. The molecule has 1 aromatic heterocycles. The van der Waals surface area contributed by atoms with Crippen LogP contribution in [0.1, 0.15) is 69.4 Å². The van der Waals surface area contributed by atoms with Crippen molar-refractivity contribution in [1.82, 2.24) is 4.57 Å². The summed E-state index contributed by atoms with van der Waals surface area (Å²) in [4.78, 5) is 0. The van der Waals surface area contributed by atoms with Crippen LogP contribution in [-0.4, -0.2) is 9.67 Å². The van der Waals surface area contributed by atoms with E-state index in [1.807, 2.05) is 0 Å². The number of nitrogens with zero attached hydrogens (tertiary/aromatic N) is 1. The maximum Gasteiger partial charge on any atom is 0.0807 e. The number of aromatic nitrogens is 1. The van der Waals surface area contributed by atoms with E-state index >= 15 is 0 Å². The SMILES string of the molecule is CC1CC(C)CC(n2ccc3c2CCCC3O)C1. The summed E-state index contributed by atoms with van der Waals surface area (Å²) in [6.45, 7) is 4.76. The van der Waals surface area contributed by atoms with E-state index in [9.17, 15) is 5.11 Å². The van der Waals surface area contributed by atoms with Crippen LogP contribution in [0.25, 0.3) is 0 Å². The molecule has 3 atom stereocenters. The number of hydrogen-bond acceptors (Lipinski definition) is 1. The molecule has 18 heavy (non-hydrogen) atoms. The molecule has 0 aliphatic heterocycles. The van der Waals surface area contributed by atoms with Crippen LogP contribution >= 0.6 is 0 Å². The molecule has 2 nitrogen and oxygen atoms in total. The van der Waals surface area contributed by atoms with Gasteiger partial charge >= 0.3 is 0 Å². The highest BCUT2D eigenvalue weighted by molar-refractivity contribution is 5.28. The number of hydrogen-bond donors (Lipinski definition) is 1. The minimum Gasteiger partial charge on any atom is -0.388 e. The first kappa shape index (κ1) is 12.3. The summed E-state index contributed by atoms with van der Waals surface area (Å²) in [7, 11) is 0. The van der Waals surface area contributed by atoms with Gasteiger partial charge in [0.25, 0.3) is 0 Å². The maximum atomic E-state index is 10.1. The molecule has 2 aliphatic rings. The van der Waals surface area contributed by atoms with E-state index in [2.05, 4.69) is 30.7 Å². The van der Waals surface area contributed by atoms with E-state index < -0.39 is 0 Å². The van der Waals surface area contributed by atoms with Gasteiger partial charge in [-0.3, -0.25) is 0 Å². The van der Waals surface area contributed by atoms with Gasteiger partial charge < -0.3 is 9.67 Å². The zero-order chi connectivity index (χ0) is 12.7. The summed E-state index contributed by atoms with van der Waals surface area (Å²) in [5.74, 6) is 1.68. The molecule has 2 aliphatic carbocycles. The van der Waals surface area contributed by atoms with Gasteiger partial charge in [-0.1, -0.05) is 13.8 Å². The predicted molar refractivity (Wildman–Crippen MR) is 73.5 cm³/mol. The fourth-order valence-corrected chi connectivity index (χ4v) is 4.16. The number of aliphatic hydroxyl groups excluding tert-OH is 1. The van der Waals surface area contributed by atoms with Crippen molar-refractivity contribution in [1.29, 1.82) is 0 Å². The maximum absolute atomic E-state index is 10.1. The third-order valence-electron chi connectivity index (χ3n) is 4.86. The Morgan fingerprint density at radius 1 is 1.17 bits per heavy atom. The van der Waals surface area contributed by atoms with E-state index in [1.54, 1.807) is 0 Å². The normalized spacial score (nSPS) is 36.4. The lowest BCUT2D eigenvalue weighted by Gasteiger charge is -2.34. The molecule has 0 spiro atoms. The highest BCUT2D eigenvalue weighted by atomic mass is 16.3. The molecule has 1 fully saturated rings. The Bertz CT molecular complexity index is 413. The molecule has 0 bridgehead atoms. The highest BCUT2D eigenvalue weighted by Gasteiger charge is 2.29. The van der Waals surface area contributed by atoms with Crippen molar-refractivity contribution in [3.63, 3.8) is 0 Å². The first-order valence-electron chi connectivity index (χ1n) is 7.52. The lowest BCUT2D eigenvalue weighted by molar-refractivity contribution is 0.153. The molecular weight excluding hydrogens is 222 g/mol. The van der Waals surface area contributed by atoms with Gasteiger partial charge in [0.2, 0.25) is 0 Å². The third kappa shape index (κ3) is 2.11. The van der Waals surface area contributed by atoms with Crippen molar-refractivity contribution >= 4 is 0 Å². The second-order valence-electron chi connectivity index (χ2n) is 6.60. The Labute approximate surface area is 110 Å². The van der Waals surface area contributed by atoms with Crippen molar-refractivity contribution in [2.24, 2.45) is 11.8 Å². The molecule has 100 valence electrons. The summed E-state index contributed by atoms with van der Waals surface area (Å²) in [6, 6.07) is 2.82. The summed E-state index contributed by atoms with van der Waals surface area (Å²) in [5.41, 5.74) is 2.62. The van der Waals surface area contributed by atoms with Crippen LogP contribution in [-0.2, 0) is 6.42 Å². The van der Waals surface area contributed by atoms with Crippen molar-refractivity contribution < 1.29 is 5.11 Å². The minimum atomic E-state index is -0.214. The van der Waals surface area contributed by atoms with E-state index in [0.717, 1.165) is 31.1 Å². The van der Waals surface area contributed by atoms with Crippen LogP contribution in [0.2, 0.25) is 0 Å². The Hall–Kier alpha value is -0.760. The van der Waals surface area contributed by atoms with Gasteiger partial charge in [0, 0.05) is 23.5 Å². The van der Waals surface area contributed by atoms with Crippen molar-refractivity contribution in [2.45, 2.75) is 64.5 Å². The fraction of sp³-hybridized carbons (Fsp3) is 0.750. The average molecular weight is 247 g/mol. The molecule has 1 aromatic rings. The van der Waals surface area contributed by atoms with Crippen molar-refractivity contribution in [3.8, 4) is 0 Å². The molecule has 0 aromatic carbocycles. The Balaban J connectivity index is 1.88. The topological polar surface area (TPSA) is 25.2 Å². The van der Waals surface area contributed by atoms with Gasteiger partial charge in [-0.25, -0.2) is 0 Å². The van der Waals surface area contributed by atoms with E-state index in [-0.39, 0.29) is 6.10 Å². The zero-order valence-electron chi connectivity index (χ0n) is 11.6. The fourth-order valence-electron chi connectivity index (χ4n) is 4.16. The molecule has 0 amide bonds. The summed E-state index contributed by atoms with van der Waals surface area (Å²) in [6.07, 6.45) is 9.23. The molecular formula is C16H25NO. The molecule has 1 saturated carbocycles.